The van der Waals surface area contributed by atoms with Gasteiger partial charge in [0.05, 0.1) is 17.8 Å². The number of rotatable bonds is 6. The molecule has 3 nitrogen and oxygen atoms in total. The Morgan fingerprint density at radius 2 is 1.83 bits per heavy atom. The zero-order valence-corrected chi connectivity index (χ0v) is 11.7. The fourth-order valence-corrected chi connectivity index (χ4v) is 1.51. The van der Waals surface area contributed by atoms with Gasteiger partial charge in [0.15, 0.2) is 5.78 Å². The summed E-state index contributed by atoms with van der Waals surface area (Å²) in [5.41, 5.74) is 0.484. The lowest BCUT2D eigenvalue weighted by atomic mass is 10.1. The summed E-state index contributed by atoms with van der Waals surface area (Å²) in [5, 5.41) is 0. The lowest BCUT2D eigenvalue weighted by Gasteiger charge is -2.19. The molecule has 1 aromatic carbocycles. The summed E-state index contributed by atoms with van der Waals surface area (Å²) in [6.07, 6.45) is 0.485. The van der Waals surface area contributed by atoms with Crippen molar-refractivity contribution in [3.05, 3.63) is 29.8 Å². The standard InChI is InChI=1S/C15H22O3/c1-5-13(16)12-8-6-7-9-14(12)17-10-11-18-15(2,3)4/h6-9H,5,10-11H2,1-4H3. The Morgan fingerprint density at radius 1 is 1.17 bits per heavy atom. The Bertz CT molecular complexity index is 391. The summed E-state index contributed by atoms with van der Waals surface area (Å²) in [5.74, 6) is 0.740. The molecule has 0 radical (unpaired) electrons. The lowest BCUT2D eigenvalue weighted by Crippen LogP contribution is -2.22. The summed E-state index contributed by atoms with van der Waals surface area (Å²) >= 11 is 0. The van der Waals surface area contributed by atoms with Crippen LogP contribution < -0.4 is 4.74 Å². The number of hydrogen-bond acceptors (Lipinski definition) is 3. The zero-order chi connectivity index (χ0) is 13.6. The molecule has 0 saturated carbocycles. The maximum atomic E-state index is 11.7. The van der Waals surface area contributed by atoms with Crippen LogP contribution in [0.15, 0.2) is 24.3 Å². The van der Waals surface area contributed by atoms with E-state index >= 15 is 0 Å². The molecule has 0 fully saturated rings. The minimum absolute atomic E-state index is 0.0994. The largest absolute Gasteiger partial charge is 0.490 e. The summed E-state index contributed by atoms with van der Waals surface area (Å²) in [7, 11) is 0. The Kier molecular flexibility index (Phi) is 5.35. The monoisotopic (exact) mass is 250 g/mol. The number of benzene rings is 1. The number of Topliss-reactive ketones (excluding diaryl/α,β-unsaturated/α-hetero) is 1. The van der Waals surface area contributed by atoms with Crippen LogP contribution in [0.4, 0.5) is 0 Å². The number of carbonyl (C=O) groups is 1. The molecule has 0 saturated heterocycles. The van der Waals surface area contributed by atoms with Crippen LogP contribution in [0, 0.1) is 0 Å². The molecule has 1 aromatic rings. The fourth-order valence-electron chi connectivity index (χ4n) is 1.51. The Hall–Kier alpha value is -1.35. The van der Waals surface area contributed by atoms with Crippen LogP contribution >= 0.6 is 0 Å². The smallest absolute Gasteiger partial charge is 0.166 e. The molecule has 0 aliphatic carbocycles. The molecule has 0 amide bonds. The van der Waals surface area contributed by atoms with Gasteiger partial charge in [-0.05, 0) is 32.9 Å². The van der Waals surface area contributed by atoms with Gasteiger partial charge in [0.1, 0.15) is 12.4 Å². The van der Waals surface area contributed by atoms with Crippen molar-refractivity contribution >= 4 is 5.78 Å². The number of ketones is 1. The van der Waals surface area contributed by atoms with Crippen LogP contribution in [0.3, 0.4) is 0 Å². The molecule has 18 heavy (non-hydrogen) atoms. The lowest BCUT2D eigenvalue weighted by molar-refractivity contribution is -0.0163. The van der Waals surface area contributed by atoms with Gasteiger partial charge in [0.25, 0.3) is 0 Å². The molecule has 0 heterocycles. The highest BCUT2D eigenvalue weighted by atomic mass is 16.5. The van der Waals surface area contributed by atoms with Gasteiger partial charge < -0.3 is 9.47 Å². The maximum Gasteiger partial charge on any atom is 0.166 e. The van der Waals surface area contributed by atoms with Crippen molar-refractivity contribution in [1.29, 1.82) is 0 Å². The molecular formula is C15H22O3. The van der Waals surface area contributed by atoms with Crippen molar-refractivity contribution in [3.8, 4) is 5.75 Å². The quantitative estimate of drug-likeness (QED) is 0.573. The van der Waals surface area contributed by atoms with Crippen molar-refractivity contribution in [2.24, 2.45) is 0 Å². The van der Waals surface area contributed by atoms with E-state index in [2.05, 4.69) is 0 Å². The average Bonchev–Trinajstić information content (AvgIpc) is 2.33. The second-order valence-electron chi connectivity index (χ2n) is 5.08. The van der Waals surface area contributed by atoms with Crippen molar-refractivity contribution in [2.45, 2.75) is 39.7 Å². The first-order valence-corrected chi connectivity index (χ1v) is 6.33. The molecule has 3 heteroatoms. The van der Waals surface area contributed by atoms with E-state index in [4.69, 9.17) is 9.47 Å². The first kappa shape index (κ1) is 14.7. The van der Waals surface area contributed by atoms with E-state index < -0.39 is 0 Å². The predicted molar refractivity (Wildman–Crippen MR) is 72.3 cm³/mol. The van der Waals surface area contributed by atoms with Crippen LogP contribution in [-0.2, 0) is 4.74 Å². The van der Waals surface area contributed by atoms with E-state index in [9.17, 15) is 4.79 Å². The summed E-state index contributed by atoms with van der Waals surface area (Å²) < 4.78 is 11.2. The van der Waals surface area contributed by atoms with Crippen LogP contribution in [0.1, 0.15) is 44.5 Å². The van der Waals surface area contributed by atoms with E-state index in [0.717, 1.165) is 0 Å². The Labute approximate surface area is 109 Å². The number of hydrogen-bond donors (Lipinski definition) is 0. The van der Waals surface area contributed by atoms with Gasteiger partial charge in [-0.3, -0.25) is 4.79 Å². The molecule has 0 atom stereocenters. The second-order valence-corrected chi connectivity index (χ2v) is 5.08. The van der Waals surface area contributed by atoms with Crippen LogP contribution in [0.2, 0.25) is 0 Å². The summed E-state index contributed by atoms with van der Waals surface area (Å²) in [6, 6.07) is 7.33. The van der Waals surface area contributed by atoms with Crippen LogP contribution in [0.5, 0.6) is 5.75 Å². The summed E-state index contributed by atoms with van der Waals surface area (Å²) in [4.78, 5) is 11.7. The zero-order valence-electron chi connectivity index (χ0n) is 11.7. The molecule has 100 valence electrons. The highest BCUT2D eigenvalue weighted by molar-refractivity contribution is 5.98. The predicted octanol–water partition coefficient (Wildman–Crippen LogP) is 3.47. The van der Waals surface area contributed by atoms with Gasteiger partial charge in [-0.25, -0.2) is 0 Å². The minimum Gasteiger partial charge on any atom is -0.490 e. The van der Waals surface area contributed by atoms with Crippen LogP contribution in [0.25, 0.3) is 0 Å². The number of ether oxygens (including phenoxy) is 2. The molecule has 0 aromatic heterocycles. The van der Waals surface area contributed by atoms with Crippen LogP contribution in [-0.4, -0.2) is 24.6 Å². The van der Waals surface area contributed by atoms with Crippen molar-refractivity contribution in [2.75, 3.05) is 13.2 Å². The molecule has 0 N–H and O–H groups in total. The third-order valence-corrected chi connectivity index (χ3v) is 2.38. The highest BCUT2D eigenvalue weighted by Crippen LogP contribution is 2.19. The second kappa shape index (κ2) is 6.55. The van der Waals surface area contributed by atoms with E-state index in [-0.39, 0.29) is 11.4 Å². The van der Waals surface area contributed by atoms with E-state index in [1.54, 1.807) is 6.07 Å². The van der Waals surface area contributed by atoms with E-state index in [0.29, 0.717) is 30.9 Å². The normalized spacial score (nSPS) is 11.3. The Morgan fingerprint density at radius 3 is 2.44 bits per heavy atom. The third kappa shape index (κ3) is 4.88. The molecule has 0 unspecified atom stereocenters. The number of para-hydroxylation sites is 1. The number of carbonyl (C=O) groups excluding carboxylic acids is 1. The van der Waals surface area contributed by atoms with E-state index in [1.165, 1.54) is 0 Å². The van der Waals surface area contributed by atoms with Gasteiger partial charge in [0, 0.05) is 6.42 Å². The molecule has 0 aliphatic heterocycles. The van der Waals surface area contributed by atoms with Gasteiger partial charge in [-0.2, -0.15) is 0 Å². The molecule has 1 rings (SSSR count). The average molecular weight is 250 g/mol. The molecule has 0 aliphatic rings. The topological polar surface area (TPSA) is 35.5 Å². The first-order valence-electron chi connectivity index (χ1n) is 6.33. The van der Waals surface area contributed by atoms with Gasteiger partial charge in [-0.1, -0.05) is 19.1 Å². The van der Waals surface area contributed by atoms with E-state index in [1.807, 2.05) is 45.9 Å². The molecule has 0 bridgehead atoms. The highest BCUT2D eigenvalue weighted by Gasteiger charge is 2.11. The van der Waals surface area contributed by atoms with Gasteiger partial charge in [0.2, 0.25) is 0 Å². The first-order chi connectivity index (χ1) is 8.44. The van der Waals surface area contributed by atoms with Crippen molar-refractivity contribution < 1.29 is 14.3 Å². The van der Waals surface area contributed by atoms with Gasteiger partial charge in [-0.15, -0.1) is 0 Å². The third-order valence-electron chi connectivity index (χ3n) is 2.38. The maximum absolute atomic E-state index is 11.7. The molecule has 0 spiro atoms. The molecular weight excluding hydrogens is 228 g/mol. The summed E-state index contributed by atoms with van der Waals surface area (Å²) in [6.45, 7) is 8.82. The van der Waals surface area contributed by atoms with Gasteiger partial charge >= 0.3 is 0 Å². The van der Waals surface area contributed by atoms with Crippen molar-refractivity contribution in [1.82, 2.24) is 0 Å². The SMILES string of the molecule is CCC(=O)c1ccccc1OCCOC(C)(C)C. The fraction of sp³-hybridized carbons (Fsp3) is 0.533. The Balaban J connectivity index is 2.54. The minimum atomic E-state index is -0.165. The van der Waals surface area contributed by atoms with Crippen molar-refractivity contribution in [3.63, 3.8) is 0 Å².